The highest BCUT2D eigenvalue weighted by Gasteiger charge is 2.48. The average molecular weight is 361 g/mol. The van der Waals surface area contributed by atoms with Crippen molar-refractivity contribution in [3.63, 3.8) is 0 Å². The monoisotopic (exact) mass is 361 g/mol. The molecule has 0 aromatic heterocycles. The summed E-state index contributed by atoms with van der Waals surface area (Å²) in [4.78, 5) is 14.8. The second-order valence-corrected chi connectivity index (χ2v) is 6.83. The van der Waals surface area contributed by atoms with Crippen molar-refractivity contribution < 1.29 is 14.3 Å². The fourth-order valence-corrected chi connectivity index (χ4v) is 3.73. The maximum absolute atomic E-state index is 13.4. The van der Waals surface area contributed by atoms with Gasteiger partial charge in [-0.3, -0.25) is 4.79 Å². The van der Waals surface area contributed by atoms with E-state index in [9.17, 15) is 14.3 Å². The van der Waals surface area contributed by atoms with E-state index in [1.807, 2.05) is 23.1 Å². The molecular formula is C23H20FNO2. The summed E-state index contributed by atoms with van der Waals surface area (Å²) < 4.78 is 13.4. The number of nitrogens with zero attached hydrogens (tertiary/aromatic N) is 1. The second-order valence-electron chi connectivity index (χ2n) is 6.83. The summed E-state index contributed by atoms with van der Waals surface area (Å²) in [5.41, 5.74) is 2.96. The van der Waals surface area contributed by atoms with Gasteiger partial charge in [0.05, 0.1) is 12.0 Å². The number of hydrogen-bond acceptors (Lipinski definition) is 2. The summed E-state index contributed by atoms with van der Waals surface area (Å²) >= 11 is 0. The van der Waals surface area contributed by atoms with E-state index in [4.69, 9.17) is 0 Å². The molecule has 0 unspecified atom stereocenters. The predicted molar refractivity (Wildman–Crippen MR) is 102 cm³/mol. The lowest BCUT2D eigenvalue weighted by Gasteiger charge is -2.48. The molecule has 136 valence electrons. The number of likely N-dealkylation sites (tertiary alicyclic amines) is 1. The number of phenolic OH excluding ortho intramolecular Hbond substituents is 1. The number of carbonyl (C=O) groups is 1. The molecule has 2 atom stereocenters. The molecule has 3 aromatic carbocycles. The fourth-order valence-electron chi connectivity index (χ4n) is 3.73. The molecule has 4 heteroatoms. The van der Waals surface area contributed by atoms with Crippen LogP contribution < -0.4 is 0 Å². The minimum Gasteiger partial charge on any atom is -0.508 e. The number of rotatable bonds is 5. The highest BCUT2D eigenvalue weighted by atomic mass is 19.1. The highest BCUT2D eigenvalue weighted by molar-refractivity contribution is 5.91. The van der Waals surface area contributed by atoms with Crippen LogP contribution in [0.15, 0.2) is 78.9 Å². The number of hydrogen-bond donors (Lipinski definition) is 1. The zero-order chi connectivity index (χ0) is 18.8. The molecule has 0 aliphatic carbocycles. The van der Waals surface area contributed by atoms with Crippen LogP contribution in [-0.4, -0.2) is 22.5 Å². The molecule has 0 bridgehead atoms. The summed E-state index contributed by atoms with van der Waals surface area (Å²) in [6.07, 6.45) is 0.770. The van der Waals surface area contributed by atoms with Crippen LogP contribution in [0.3, 0.4) is 0 Å². The van der Waals surface area contributed by atoms with E-state index in [0.717, 1.165) is 17.5 Å². The number of β-lactam (4-membered cyclic amide) rings is 1. The van der Waals surface area contributed by atoms with Gasteiger partial charge < -0.3 is 10.0 Å². The van der Waals surface area contributed by atoms with Crippen molar-refractivity contribution in [3.8, 4) is 5.75 Å². The van der Waals surface area contributed by atoms with E-state index in [2.05, 4.69) is 12.1 Å². The minimum atomic E-state index is -0.313. The molecule has 27 heavy (non-hydrogen) atoms. The molecule has 3 nitrogen and oxygen atoms in total. The topological polar surface area (TPSA) is 40.5 Å². The lowest BCUT2D eigenvalue weighted by Crippen LogP contribution is -2.53. The number of amides is 1. The predicted octanol–water partition coefficient (Wildman–Crippen LogP) is 4.44. The molecule has 0 saturated carbocycles. The van der Waals surface area contributed by atoms with Crippen molar-refractivity contribution >= 4 is 5.91 Å². The van der Waals surface area contributed by atoms with Crippen LogP contribution in [-0.2, 0) is 11.2 Å². The van der Waals surface area contributed by atoms with Crippen LogP contribution in [0, 0.1) is 5.82 Å². The van der Waals surface area contributed by atoms with Gasteiger partial charge in [-0.05, 0) is 47.4 Å². The third-order valence-electron chi connectivity index (χ3n) is 5.15. The zero-order valence-electron chi connectivity index (χ0n) is 14.8. The molecule has 0 radical (unpaired) electrons. The number of benzene rings is 3. The fraction of sp³-hybridized carbons (Fsp3) is 0.174. The number of halogens is 1. The van der Waals surface area contributed by atoms with Gasteiger partial charge in [-0.15, -0.1) is 0 Å². The summed E-state index contributed by atoms with van der Waals surface area (Å²) in [6, 6.07) is 23.0. The highest BCUT2D eigenvalue weighted by Crippen LogP contribution is 2.46. The molecule has 1 saturated heterocycles. The Hall–Kier alpha value is -3.14. The summed E-state index contributed by atoms with van der Waals surface area (Å²) in [6.45, 7) is 0.611. The van der Waals surface area contributed by atoms with E-state index in [1.165, 1.54) is 17.7 Å². The smallest absolute Gasteiger partial charge is 0.233 e. The van der Waals surface area contributed by atoms with Crippen molar-refractivity contribution in [2.45, 2.75) is 18.4 Å². The molecule has 1 N–H and O–H groups in total. The standard InChI is InChI=1S/C23H20FNO2/c24-19-10-6-18(7-11-19)22-21(17-8-12-20(26)13-9-17)23(27)25(22)15-14-16-4-2-1-3-5-16/h1-13,21-22,26H,14-15H2/t21-,22+/m1/s1. The van der Waals surface area contributed by atoms with Crippen molar-refractivity contribution in [1.82, 2.24) is 4.90 Å². The van der Waals surface area contributed by atoms with Crippen LogP contribution in [0.4, 0.5) is 4.39 Å². The van der Waals surface area contributed by atoms with Crippen LogP contribution in [0.5, 0.6) is 5.75 Å². The lowest BCUT2D eigenvalue weighted by atomic mass is 9.77. The third-order valence-corrected chi connectivity index (χ3v) is 5.15. The molecule has 1 aliphatic heterocycles. The van der Waals surface area contributed by atoms with Crippen LogP contribution in [0.1, 0.15) is 28.7 Å². The number of carbonyl (C=O) groups excluding carboxylic acids is 1. The Kier molecular flexibility index (Phi) is 4.63. The Balaban J connectivity index is 1.61. The molecule has 1 aliphatic rings. The Morgan fingerprint density at radius 3 is 2.15 bits per heavy atom. The van der Waals surface area contributed by atoms with Gasteiger partial charge in [0.25, 0.3) is 0 Å². The Bertz CT molecular complexity index is 923. The first kappa shape index (κ1) is 17.3. The zero-order valence-corrected chi connectivity index (χ0v) is 14.8. The summed E-state index contributed by atoms with van der Waals surface area (Å²) in [7, 11) is 0. The van der Waals surface area contributed by atoms with Gasteiger partial charge >= 0.3 is 0 Å². The van der Waals surface area contributed by atoms with Gasteiger partial charge in [0.2, 0.25) is 5.91 Å². The Morgan fingerprint density at radius 1 is 0.852 bits per heavy atom. The first-order valence-corrected chi connectivity index (χ1v) is 9.02. The van der Waals surface area contributed by atoms with E-state index < -0.39 is 0 Å². The molecule has 1 amide bonds. The molecule has 1 heterocycles. The van der Waals surface area contributed by atoms with Crippen LogP contribution in [0.2, 0.25) is 0 Å². The van der Waals surface area contributed by atoms with Crippen LogP contribution in [0.25, 0.3) is 0 Å². The molecule has 3 aromatic rings. The molecule has 4 rings (SSSR count). The molecule has 1 fully saturated rings. The largest absolute Gasteiger partial charge is 0.508 e. The third kappa shape index (κ3) is 3.43. The van der Waals surface area contributed by atoms with E-state index in [1.54, 1.807) is 36.4 Å². The molecular weight excluding hydrogens is 341 g/mol. The first-order valence-electron chi connectivity index (χ1n) is 9.02. The maximum Gasteiger partial charge on any atom is 0.233 e. The number of aromatic hydroxyl groups is 1. The van der Waals surface area contributed by atoms with Crippen molar-refractivity contribution in [2.75, 3.05) is 6.54 Å². The minimum absolute atomic E-state index is 0.0611. The van der Waals surface area contributed by atoms with Gasteiger partial charge in [-0.2, -0.15) is 0 Å². The van der Waals surface area contributed by atoms with Crippen LogP contribution >= 0.6 is 0 Å². The number of phenols is 1. The van der Waals surface area contributed by atoms with E-state index >= 15 is 0 Å². The van der Waals surface area contributed by atoms with Gasteiger partial charge in [-0.25, -0.2) is 4.39 Å². The maximum atomic E-state index is 13.4. The van der Waals surface area contributed by atoms with Gasteiger partial charge in [0.15, 0.2) is 0 Å². The van der Waals surface area contributed by atoms with Gasteiger partial charge in [-0.1, -0.05) is 54.6 Å². The van der Waals surface area contributed by atoms with Crippen molar-refractivity contribution in [2.24, 2.45) is 0 Å². The van der Waals surface area contributed by atoms with Crippen molar-refractivity contribution in [1.29, 1.82) is 0 Å². The lowest BCUT2D eigenvalue weighted by molar-refractivity contribution is -0.150. The quantitative estimate of drug-likeness (QED) is 0.683. The molecule has 0 spiro atoms. The van der Waals surface area contributed by atoms with Crippen molar-refractivity contribution in [3.05, 3.63) is 101 Å². The Labute approximate surface area is 157 Å². The summed E-state index contributed by atoms with van der Waals surface area (Å²) in [5, 5.41) is 9.53. The summed E-state index contributed by atoms with van der Waals surface area (Å²) in [5.74, 6) is -0.371. The second kappa shape index (κ2) is 7.23. The average Bonchev–Trinajstić information content (AvgIpc) is 2.69. The first-order chi connectivity index (χ1) is 13.1. The van der Waals surface area contributed by atoms with Gasteiger partial charge in [0.1, 0.15) is 11.6 Å². The SMILES string of the molecule is O=C1[C@H](c2ccc(O)cc2)[C@H](c2ccc(F)cc2)N1CCc1ccccc1. The van der Waals surface area contributed by atoms with E-state index in [0.29, 0.717) is 6.54 Å². The normalized spacial score (nSPS) is 19.0. The Morgan fingerprint density at radius 2 is 1.48 bits per heavy atom. The van der Waals surface area contributed by atoms with Gasteiger partial charge in [0, 0.05) is 6.54 Å². The van der Waals surface area contributed by atoms with E-state index in [-0.39, 0.29) is 29.4 Å².